The Morgan fingerprint density at radius 3 is 1.20 bits per heavy atom. The number of carbonyl (C=O) groups is 4. The summed E-state index contributed by atoms with van der Waals surface area (Å²) in [6, 6.07) is 20.9. The van der Waals surface area contributed by atoms with E-state index >= 15 is 0 Å². The number of hydrazine groups is 1. The van der Waals surface area contributed by atoms with Crippen LogP contribution < -0.4 is 9.80 Å². The van der Waals surface area contributed by atoms with Gasteiger partial charge in [0.1, 0.15) is 23.6 Å². The van der Waals surface area contributed by atoms with Crippen LogP contribution in [0.25, 0.3) is 0 Å². The molecular weight excluding hydrogens is 512 g/mol. The molecule has 4 fully saturated rings. The number of furan rings is 2. The number of fused-ring (bicyclic) bond motifs is 5. The summed E-state index contributed by atoms with van der Waals surface area (Å²) in [4.78, 5) is 58.8. The first-order valence-corrected chi connectivity index (χ1v) is 13.1. The van der Waals surface area contributed by atoms with Gasteiger partial charge in [-0.3, -0.25) is 19.2 Å². The summed E-state index contributed by atoms with van der Waals surface area (Å²) in [5.74, 6) is -2.48. The van der Waals surface area contributed by atoms with Crippen LogP contribution >= 0.6 is 0 Å². The highest BCUT2D eigenvalue weighted by molar-refractivity contribution is 6.26. The van der Waals surface area contributed by atoms with E-state index in [2.05, 4.69) is 0 Å². The van der Waals surface area contributed by atoms with E-state index in [-0.39, 0.29) is 11.8 Å². The standard InChI is InChI=1S/C30H22N4O6/c35-27-21-23(19-13-7-15-39-19)34-26-22(28(36)32(30(26)38)18-11-5-2-6-12-18)24(20-14-8-16-40-20)33(34)25(21)29(37)31(27)17-9-3-1-4-10-17/h1-16,21-26H/t21-,22-,23+,24+,25-,26+/m1/s1. The molecule has 4 saturated heterocycles. The van der Waals surface area contributed by atoms with E-state index in [0.29, 0.717) is 22.9 Å². The zero-order valence-electron chi connectivity index (χ0n) is 20.9. The third-order valence-electron chi connectivity index (χ3n) is 8.42. The molecule has 0 saturated carbocycles. The van der Waals surface area contributed by atoms with Gasteiger partial charge in [0.2, 0.25) is 11.8 Å². The topological polar surface area (TPSA) is 108 Å². The molecule has 10 heteroatoms. The highest BCUT2D eigenvalue weighted by atomic mass is 16.3. The molecule has 0 N–H and O–H groups in total. The Bertz CT molecular complexity index is 1510. The van der Waals surface area contributed by atoms with E-state index < -0.39 is 47.8 Å². The Labute approximate surface area is 227 Å². The van der Waals surface area contributed by atoms with Crippen LogP contribution in [-0.4, -0.2) is 45.7 Å². The first-order valence-electron chi connectivity index (χ1n) is 13.1. The minimum atomic E-state index is -0.964. The van der Waals surface area contributed by atoms with Gasteiger partial charge in [0.05, 0.1) is 47.8 Å². The van der Waals surface area contributed by atoms with Crippen LogP contribution in [0.4, 0.5) is 11.4 Å². The van der Waals surface area contributed by atoms with Gasteiger partial charge in [-0.1, -0.05) is 36.4 Å². The number of benzene rings is 2. The van der Waals surface area contributed by atoms with E-state index in [1.54, 1.807) is 82.8 Å². The molecule has 0 bridgehead atoms. The van der Waals surface area contributed by atoms with Crippen LogP contribution in [0.5, 0.6) is 0 Å². The zero-order chi connectivity index (χ0) is 27.1. The van der Waals surface area contributed by atoms with Crippen LogP contribution in [0.2, 0.25) is 0 Å². The molecule has 40 heavy (non-hydrogen) atoms. The Hall–Kier alpha value is -4.80. The van der Waals surface area contributed by atoms with Gasteiger partial charge in [0.25, 0.3) is 11.8 Å². The highest BCUT2D eigenvalue weighted by Crippen LogP contribution is 2.59. The van der Waals surface area contributed by atoms with Crippen LogP contribution in [0.15, 0.2) is 106 Å². The first-order chi connectivity index (χ1) is 19.6. The molecule has 4 aliphatic rings. The maximum atomic E-state index is 14.1. The van der Waals surface area contributed by atoms with E-state index in [1.807, 2.05) is 12.1 Å². The van der Waals surface area contributed by atoms with E-state index in [0.717, 1.165) is 0 Å². The van der Waals surface area contributed by atoms with Crippen LogP contribution in [-0.2, 0) is 19.2 Å². The van der Waals surface area contributed by atoms with E-state index in [9.17, 15) is 19.2 Å². The van der Waals surface area contributed by atoms with Crippen LogP contribution in [0, 0.1) is 11.8 Å². The average Bonchev–Trinajstić information content (AvgIpc) is 3.80. The number of para-hydroxylation sites is 2. The van der Waals surface area contributed by atoms with Crippen molar-refractivity contribution in [2.45, 2.75) is 24.2 Å². The van der Waals surface area contributed by atoms with Crippen LogP contribution in [0.3, 0.4) is 0 Å². The fourth-order valence-electron chi connectivity index (χ4n) is 6.97. The van der Waals surface area contributed by atoms with Crippen molar-refractivity contribution in [2.75, 3.05) is 9.80 Å². The minimum Gasteiger partial charge on any atom is -0.468 e. The third kappa shape index (κ3) is 2.89. The molecule has 6 heterocycles. The highest BCUT2D eigenvalue weighted by Gasteiger charge is 2.74. The molecule has 4 amide bonds. The molecule has 2 aromatic carbocycles. The fourth-order valence-corrected chi connectivity index (χ4v) is 6.97. The molecule has 0 unspecified atom stereocenters. The quantitative estimate of drug-likeness (QED) is 0.367. The Balaban J connectivity index is 1.32. The summed E-state index contributed by atoms with van der Waals surface area (Å²) >= 11 is 0. The lowest BCUT2D eigenvalue weighted by Gasteiger charge is -2.34. The van der Waals surface area contributed by atoms with Gasteiger partial charge in [-0.2, -0.15) is 0 Å². The SMILES string of the molecule is O=C1[C@H]2[C@H](C(=O)N1c1ccccc1)N1[C@@H](c3ccco3)[C@H]3C(=O)N(c4ccccc4)C(=O)[C@H]3N1[C@H]2c1ccco1. The number of carbonyl (C=O) groups excluding carboxylic acids is 4. The van der Waals surface area contributed by atoms with E-state index in [4.69, 9.17) is 8.83 Å². The summed E-state index contributed by atoms with van der Waals surface area (Å²) < 4.78 is 11.6. The molecule has 0 aliphatic carbocycles. The van der Waals surface area contributed by atoms with Crippen LogP contribution in [0.1, 0.15) is 23.6 Å². The molecular formula is C30H22N4O6. The largest absolute Gasteiger partial charge is 0.468 e. The number of hydrogen-bond acceptors (Lipinski definition) is 8. The Kier molecular flexibility index (Phi) is 4.82. The third-order valence-corrected chi connectivity index (χ3v) is 8.42. The number of amides is 4. The van der Waals surface area contributed by atoms with Gasteiger partial charge < -0.3 is 8.83 Å². The second-order valence-corrected chi connectivity index (χ2v) is 10.3. The smallest absolute Gasteiger partial charge is 0.253 e. The van der Waals surface area contributed by atoms with Gasteiger partial charge in [-0.25, -0.2) is 19.8 Å². The number of rotatable bonds is 4. The first kappa shape index (κ1) is 23.1. The Morgan fingerprint density at radius 1 is 0.450 bits per heavy atom. The maximum absolute atomic E-state index is 14.1. The molecule has 6 atom stereocenters. The van der Waals surface area contributed by atoms with Gasteiger partial charge >= 0.3 is 0 Å². The summed E-state index contributed by atoms with van der Waals surface area (Å²) in [5, 5.41) is 3.49. The summed E-state index contributed by atoms with van der Waals surface area (Å²) in [5.41, 5.74) is 0.931. The van der Waals surface area contributed by atoms with Crippen molar-refractivity contribution in [1.82, 2.24) is 10.0 Å². The van der Waals surface area contributed by atoms with Crippen molar-refractivity contribution >= 4 is 35.0 Å². The van der Waals surface area contributed by atoms with Gasteiger partial charge in [0, 0.05) is 0 Å². The number of anilines is 2. The second-order valence-electron chi connectivity index (χ2n) is 10.3. The lowest BCUT2D eigenvalue weighted by molar-refractivity contribution is -0.136. The van der Waals surface area contributed by atoms with Crippen molar-refractivity contribution in [2.24, 2.45) is 11.8 Å². The van der Waals surface area contributed by atoms with Gasteiger partial charge in [-0.05, 0) is 48.5 Å². The lowest BCUT2D eigenvalue weighted by atomic mass is 9.87. The number of nitrogens with zero attached hydrogens (tertiary/aromatic N) is 4. The summed E-state index contributed by atoms with van der Waals surface area (Å²) in [6.07, 6.45) is 3.00. The summed E-state index contributed by atoms with van der Waals surface area (Å²) in [7, 11) is 0. The number of hydrogen-bond donors (Lipinski definition) is 0. The maximum Gasteiger partial charge on any atom is 0.253 e. The Morgan fingerprint density at radius 2 is 0.850 bits per heavy atom. The minimum absolute atomic E-state index is 0.386. The molecule has 0 spiro atoms. The predicted octanol–water partition coefficient (Wildman–Crippen LogP) is 3.32. The number of imide groups is 2. The molecule has 4 aliphatic heterocycles. The molecule has 2 aromatic heterocycles. The van der Waals surface area contributed by atoms with Crippen molar-refractivity contribution in [3.8, 4) is 0 Å². The van der Waals surface area contributed by atoms with Crippen molar-refractivity contribution < 1.29 is 28.0 Å². The second kappa shape index (κ2) is 8.35. The lowest BCUT2D eigenvalue weighted by Crippen LogP contribution is -2.50. The monoisotopic (exact) mass is 534 g/mol. The molecule has 10 nitrogen and oxygen atoms in total. The summed E-state index contributed by atoms with van der Waals surface area (Å²) in [6.45, 7) is 0. The zero-order valence-corrected chi connectivity index (χ0v) is 20.9. The molecule has 198 valence electrons. The van der Waals surface area contributed by atoms with Gasteiger partial charge in [-0.15, -0.1) is 0 Å². The van der Waals surface area contributed by atoms with Crippen molar-refractivity contribution in [3.63, 3.8) is 0 Å². The predicted molar refractivity (Wildman–Crippen MR) is 139 cm³/mol. The van der Waals surface area contributed by atoms with E-state index in [1.165, 1.54) is 22.3 Å². The normalized spacial score (nSPS) is 29.9. The van der Waals surface area contributed by atoms with Crippen molar-refractivity contribution in [3.05, 3.63) is 109 Å². The molecule has 8 rings (SSSR count). The van der Waals surface area contributed by atoms with Gasteiger partial charge in [0.15, 0.2) is 0 Å². The molecule has 0 radical (unpaired) electrons. The fraction of sp³-hybridized carbons (Fsp3) is 0.200. The van der Waals surface area contributed by atoms with Crippen molar-refractivity contribution in [1.29, 1.82) is 0 Å². The molecule has 4 aromatic rings. The average molecular weight is 535 g/mol.